The van der Waals surface area contributed by atoms with Gasteiger partial charge in [0.25, 0.3) is 5.91 Å². The lowest BCUT2D eigenvalue weighted by Crippen LogP contribution is -2.23. The van der Waals surface area contributed by atoms with Crippen LogP contribution in [0.3, 0.4) is 0 Å². The molecule has 0 saturated carbocycles. The van der Waals surface area contributed by atoms with Crippen LogP contribution >= 0.6 is 0 Å². The van der Waals surface area contributed by atoms with Crippen molar-refractivity contribution in [1.82, 2.24) is 14.9 Å². The van der Waals surface area contributed by atoms with E-state index < -0.39 is 0 Å². The first kappa shape index (κ1) is 21.2. The van der Waals surface area contributed by atoms with Crippen LogP contribution in [0.15, 0.2) is 79.0 Å². The monoisotopic (exact) mass is 427 g/mol. The van der Waals surface area contributed by atoms with Crippen LogP contribution in [0.1, 0.15) is 21.7 Å². The Balaban J connectivity index is 1.79. The van der Waals surface area contributed by atoms with Crippen LogP contribution in [0.2, 0.25) is 0 Å². The van der Waals surface area contributed by atoms with Crippen molar-refractivity contribution in [2.75, 3.05) is 14.2 Å². The molecule has 0 bridgehead atoms. The van der Waals surface area contributed by atoms with Gasteiger partial charge in [-0.1, -0.05) is 36.4 Å². The molecule has 2 aromatic carbocycles. The topological polar surface area (TPSA) is 65.4 Å². The first-order chi connectivity index (χ1) is 15.6. The predicted octanol–water partition coefficient (Wildman–Crippen LogP) is 4.79. The van der Waals surface area contributed by atoms with Crippen molar-refractivity contribution in [3.05, 3.63) is 95.9 Å². The Morgan fingerprint density at radius 2 is 1.75 bits per heavy atom. The maximum atomic E-state index is 13.1. The summed E-state index contributed by atoms with van der Waals surface area (Å²) in [5.74, 6) is 1.20. The average Bonchev–Trinajstić information content (AvgIpc) is 3.20. The van der Waals surface area contributed by atoms with Gasteiger partial charge in [-0.3, -0.25) is 9.78 Å². The van der Waals surface area contributed by atoms with Gasteiger partial charge in [0.05, 0.1) is 43.4 Å². The predicted molar refractivity (Wildman–Crippen MR) is 124 cm³/mol. The third-order valence-electron chi connectivity index (χ3n) is 5.35. The van der Waals surface area contributed by atoms with Crippen LogP contribution in [0.5, 0.6) is 11.5 Å². The summed E-state index contributed by atoms with van der Waals surface area (Å²) in [6, 6.07) is 23.2. The largest absolute Gasteiger partial charge is 0.497 e. The Morgan fingerprint density at radius 3 is 2.44 bits per heavy atom. The summed E-state index contributed by atoms with van der Waals surface area (Å²) in [6.45, 7) is 2.29. The molecule has 1 N–H and O–H groups in total. The maximum Gasteiger partial charge on any atom is 0.253 e. The molecule has 0 aliphatic rings. The van der Waals surface area contributed by atoms with Crippen molar-refractivity contribution < 1.29 is 14.3 Å². The molecular formula is C26H25N3O3. The number of rotatable bonds is 7. The highest BCUT2D eigenvalue weighted by molar-refractivity contribution is 5.97. The minimum absolute atomic E-state index is 0.156. The molecule has 162 valence electrons. The van der Waals surface area contributed by atoms with E-state index in [1.165, 1.54) is 0 Å². The van der Waals surface area contributed by atoms with E-state index in [0.29, 0.717) is 23.6 Å². The van der Waals surface area contributed by atoms with Crippen LogP contribution in [-0.4, -0.2) is 29.7 Å². The molecule has 1 amide bonds. The second-order valence-electron chi connectivity index (χ2n) is 7.27. The van der Waals surface area contributed by atoms with Gasteiger partial charge >= 0.3 is 0 Å². The van der Waals surface area contributed by atoms with Crippen LogP contribution in [0.4, 0.5) is 0 Å². The zero-order valence-electron chi connectivity index (χ0n) is 18.3. The van der Waals surface area contributed by atoms with Crippen LogP contribution in [-0.2, 0) is 6.54 Å². The number of carbonyl (C=O) groups is 1. The second-order valence-corrected chi connectivity index (χ2v) is 7.27. The molecule has 6 heteroatoms. The second kappa shape index (κ2) is 9.39. The van der Waals surface area contributed by atoms with Gasteiger partial charge in [0.2, 0.25) is 0 Å². The number of nitrogens with one attached hydrogen (secondary N) is 1. The number of ether oxygens (including phenoxy) is 2. The van der Waals surface area contributed by atoms with E-state index in [4.69, 9.17) is 9.47 Å². The minimum Gasteiger partial charge on any atom is -0.497 e. The Hall–Kier alpha value is -4.06. The summed E-state index contributed by atoms with van der Waals surface area (Å²) in [6.07, 6.45) is 1.71. The lowest BCUT2D eigenvalue weighted by atomic mass is 10.1. The number of aromatic nitrogens is 2. The minimum atomic E-state index is -0.156. The van der Waals surface area contributed by atoms with Gasteiger partial charge in [-0.15, -0.1) is 0 Å². The molecule has 4 aromatic rings. The Morgan fingerprint density at radius 1 is 0.969 bits per heavy atom. The number of carbonyl (C=O) groups excluding carboxylic acids is 1. The molecule has 0 spiro atoms. The van der Waals surface area contributed by atoms with E-state index in [-0.39, 0.29) is 5.91 Å². The Kier molecular flexibility index (Phi) is 6.22. The van der Waals surface area contributed by atoms with Gasteiger partial charge in [0.15, 0.2) is 0 Å². The van der Waals surface area contributed by atoms with E-state index in [1.54, 1.807) is 20.4 Å². The molecule has 0 fully saturated rings. The zero-order valence-corrected chi connectivity index (χ0v) is 18.3. The summed E-state index contributed by atoms with van der Waals surface area (Å²) in [7, 11) is 3.24. The fraction of sp³-hybridized carbons (Fsp3) is 0.154. The summed E-state index contributed by atoms with van der Waals surface area (Å²) >= 11 is 0. The van der Waals surface area contributed by atoms with Crippen molar-refractivity contribution in [3.63, 3.8) is 0 Å². The van der Waals surface area contributed by atoms with Gasteiger partial charge in [0, 0.05) is 18.0 Å². The first-order valence-electron chi connectivity index (χ1n) is 10.3. The van der Waals surface area contributed by atoms with Crippen LogP contribution in [0, 0.1) is 6.92 Å². The van der Waals surface area contributed by atoms with E-state index in [9.17, 15) is 4.79 Å². The van der Waals surface area contributed by atoms with E-state index in [0.717, 1.165) is 28.3 Å². The molecule has 4 rings (SSSR count). The number of hydrogen-bond donors (Lipinski definition) is 1. The average molecular weight is 428 g/mol. The maximum absolute atomic E-state index is 13.1. The van der Waals surface area contributed by atoms with Crippen molar-refractivity contribution in [2.24, 2.45) is 0 Å². The van der Waals surface area contributed by atoms with E-state index in [2.05, 4.69) is 10.3 Å². The number of pyridine rings is 1. The Labute approximate surface area is 187 Å². The number of methoxy groups -OCH3 is 2. The number of hydrogen-bond acceptors (Lipinski definition) is 4. The van der Waals surface area contributed by atoms with Crippen molar-refractivity contribution in [3.8, 4) is 28.4 Å². The van der Waals surface area contributed by atoms with Gasteiger partial charge in [-0.2, -0.15) is 0 Å². The van der Waals surface area contributed by atoms with Gasteiger partial charge in [-0.05, 0) is 42.8 Å². The highest BCUT2D eigenvalue weighted by atomic mass is 16.5. The molecule has 32 heavy (non-hydrogen) atoms. The van der Waals surface area contributed by atoms with E-state index >= 15 is 0 Å². The quantitative estimate of drug-likeness (QED) is 0.460. The van der Waals surface area contributed by atoms with Crippen molar-refractivity contribution >= 4 is 5.91 Å². The molecule has 6 nitrogen and oxygen atoms in total. The molecule has 2 aromatic heterocycles. The Bertz CT molecular complexity index is 1220. The summed E-state index contributed by atoms with van der Waals surface area (Å²) < 4.78 is 13.0. The molecule has 0 atom stereocenters. The molecule has 0 unspecified atom stereocenters. The SMILES string of the molecule is COc1ccc(-n2c(-c3ccccc3)cc(C(=O)NCc3ccccn3)c2C)c(OC)c1. The van der Waals surface area contributed by atoms with Crippen molar-refractivity contribution in [1.29, 1.82) is 0 Å². The standard InChI is InChI=1S/C26H25N3O3/c1-18-22(26(30)28-17-20-11-7-8-14-27-20)16-24(19-9-5-4-6-10-19)29(18)23-13-12-21(31-2)15-25(23)32-3/h4-16H,17H2,1-3H3,(H,28,30). The molecule has 2 heterocycles. The van der Waals surface area contributed by atoms with Crippen LogP contribution < -0.4 is 14.8 Å². The fourth-order valence-corrected chi connectivity index (χ4v) is 3.71. The molecule has 0 aliphatic heterocycles. The van der Waals surface area contributed by atoms with Gasteiger partial charge in [0.1, 0.15) is 11.5 Å². The lowest BCUT2D eigenvalue weighted by molar-refractivity contribution is 0.0950. The first-order valence-corrected chi connectivity index (χ1v) is 10.3. The summed E-state index contributed by atoms with van der Waals surface area (Å²) in [5, 5.41) is 2.98. The molecular weight excluding hydrogens is 402 g/mol. The van der Waals surface area contributed by atoms with E-state index in [1.807, 2.05) is 84.3 Å². The van der Waals surface area contributed by atoms with Gasteiger partial charge < -0.3 is 19.4 Å². The number of nitrogens with zero attached hydrogens (tertiary/aromatic N) is 2. The summed E-state index contributed by atoms with van der Waals surface area (Å²) in [5.41, 5.74) is 4.93. The molecule has 0 aliphatic carbocycles. The smallest absolute Gasteiger partial charge is 0.253 e. The number of amides is 1. The van der Waals surface area contributed by atoms with Crippen molar-refractivity contribution in [2.45, 2.75) is 13.5 Å². The third kappa shape index (κ3) is 4.21. The van der Waals surface area contributed by atoms with Crippen LogP contribution in [0.25, 0.3) is 16.9 Å². The molecule has 0 saturated heterocycles. The third-order valence-corrected chi connectivity index (χ3v) is 5.35. The summed E-state index contributed by atoms with van der Waals surface area (Å²) in [4.78, 5) is 17.4. The fourth-order valence-electron chi connectivity index (χ4n) is 3.71. The normalized spacial score (nSPS) is 10.6. The lowest BCUT2D eigenvalue weighted by Gasteiger charge is -2.16. The molecule has 0 radical (unpaired) electrons. The highest BCUT2D eigenvalue weighted by Gasteiger charge is 2.21. The van der Waals surface area contributed by atoms with Gasteiger partial charge in [-0.25, -0.2) is 0 Å². The number of benzene rings is 2. The zero-order chi connectivity index (χ0) is 22.5. The highest BCUT2D eigenvalue weighted by Crippen LogP contribution is 2.35.